The highest BCUT2D eigenvalue weighted by Gasteiger charge is 2.26. The van der Waals surface area contributed by atoms with Crippen molar-refractivity contribution >= 4 is 27.7 Å². The van der Waals surface area contributed by atoms with Crippen molar-refractivity contribution in [1.29, 1.82) is 0 Å². The highest BCUT2D eigenvalue weighted by atomic mass is 79.9. The third kappa shape index (κ3) is 3.71. The molecular weight excluding hydrogens is 298 g/mol. The van der Waals surface area contributed by atoms with Crippen LogP contribution in [0.4, 0.5) is 0 Å². The Bertz CT molecular complexity index is 374. The lowest BCUT2D eigenvalue weighted by molar-refractivity contribution is 0.0763. The molecule has 94 valence electrons. The molecule has 2 rings (SSSR count). The summed E-state index contributed by atoms with van der Waals surface area (Å²) in [5, 5.41) is 10.3. The molecule has 0 aromatic heterocycles. The summed E-state index contributed by atoms with van der Waals surface area (Å²) in [6.45, 7) is 1.07. The van der Waals surface area contributed by atoms with Crippen LogP contribution in [0.25, 0.3) is 0 Å². The van der Waals surface area contributed by atoms with Gasteiger partial charge in [-0.15, -0.1) is 0 Å². The molecule has 1 heterocycles. The molecule has 1 fully saturated rings. The van der Waals surface area contributed by atoms with E-state index in [4.69, 9.17) is 0 Å². The third-order valence-corrected chi connectivity index (χ3v) is 4.76. The smallest absolute Gasteiger partial charge is 0.0743 e. The number of aliphatic hydroxyl groups excluding tert-OH is 1. The second kappa shape index (κ2) is 6.23. The van der Waals surface area contributed by atoms with E-state index in [2.05, 4.69) is 40.0 Å². The van der Waals surface area contributed by atoms with Gasteiger partial charge in [-0.1, -0.05) is 28.1 Å². The lowest BCUT2D eigenvalue weighted by Gasteiger charge is -2.35. The summed E-state index contributed by atoms with van der Waals surface area (Å²) in [7, 11) is 2.11. The number of likely N-dealkylation sites (N-methyl/N-ethyl adjacent to an activating group) is 1. The number of rotatable bonds is 3. The zero-order valence-electron chi connectivity index (χ0n) is 9.97. The van der Waals surface area contributed by atoms with Gasteiger partial charge in [-0.25, -0.2) is 0 Å². The lowest BCUT2D eigenvalue weighted by atomic mass is 10.0. The zero-order valence-corrected chi connectivity index (χ0v) is 12.4. The van der Waals surface area contributed by atoms with Crippen LogP contribution in [0.1, 0.15) is 5.56 Å². The standard InChI is InChI=1S/C13H18BrNOS/c1-15-5-6-17-9-12(15)13(16)8-10-3-2-4-11(14)7-10/h2-4,7,12-13,16H,5-6,8-9H2,1H3. The quantitative estimate of drug-likeness (QED) is 0.926. The molecule has 2 nitrogen and oxygen atoms in total. The minimum atomic E-state index is -0.276. The topological polar surface area (TPSA) is 23.5 Å². The fourth-order valence-electron chi connectivity index (χ4n) is 2.15. The van der Waals surface area contributed by atoms with Gasteiger partial charge >= 0.3 is 0 Å². The van der Waals surface area contributed by atoms with Gasteiger partial charge in [0.05, 0.1) is 6.10 Å². The summed E-state index contributed by atoms with van der Waals surface area (Å²) in [6.07, 6.45) is 0.455. The Morgan fingerprint density at radius 1 is 1.59 bits per heavy atom. The molecule has 4 heteroatoms. The fraction of sp³-hybridized carbons (Fsp3) is 0.538. The molecule has 0 saturated carbocycles. The molecule has 0 spiro atoms. The Kier molecular flexibility index (Phi) is 4.91. The maximum Gasteiger partial charge on any atom is 0.0743 e. The first-order valence-electron chi connectivity index (χ1n) is 5.87. The molecule has 17 heavy (non-hydrogen) atoms. The Morgan fingerprint density at radius 2 is 2.41 bits per heavy atom. The van der Waals surface area contributed by atoms with E-state index >= 15 is 0 Å². The molecule has 0 amide bonds. The number of aliphatic hydroxyl groups is 1. The van der Waals surface area contributed by atoms with Crippen molar-refractivity contribution in [2.75, 3.05) is 25.1 Å². The number of halogens is 1. The highest BCUT2D eigenvalue weighted by molar-refractivity contribution is 9.10. The van der Waals surface area contributed by atoms with Crippen molar-refractivity contribution in [1.82, 2.24) is 4.90 Å². The molecule has 0 aliphatic carbocycles. The van der Waals surface area contributed by atoms with E-state index < -0.39 is 0 Å². The monoisotopic (exact) mass is 315 g/mol. The molecule has 2 atom stereocenters. The van der Waals surface area contributed by atoms with Gasteiger partial charge in [0.1, 0.15) is 0 Å². The predicted molar refractivity (Wildman–Crippen MR) is 77.6 cm³/mol. The SMILES string of the molecule is CN1CCSCC1C(O)Cc1cccc(Br)c1. The first-order valence-corrected chi connectivity index (χ1v) is 7.82. The maximum absolute atomic E-state index is 10.3. The highest BCUT2D eigenvalue weighted by Crippen LogP contribution is 2.20. The van der Waals surface area contributed by atoms with Crippen LogP contribution in [0.5, 0.6) is 0 Å². The molecule has 1 aliphatic rings. The maximum atomic E-state index is 10.3. The van der Waals surface area contributed by atoms with E-state index in [1.165, 1.54) is 11.3 Å². The molecule has 1 saturated heterocycles. The molecule has 1 aliphatic heterocycles. The van der Waals surface area contributed by atoms with Crippen LogP contribution < -0.4 is 0 Å². The number of hydrogen-bond acceptors (Lipinski definition) is 3. The van der Waals surface area contributed by atoms with Gasteiger partial charge in [-0.2, -0.15) is 11.8 Å². The van der Waals surface area contributed by atoms with Crippen LogP contribution in [0, 0.1) is 0 Å². The second-order valence-electron chi connectivity index (χ2n) is 4.52. The van der Waals surface area contributed by atoms with E-state index in [1.54, 1.807) is 0 Å². The number of nitrogens with zero attached hydrogens (tertiary/aromatic N) is 1. The van der Waals surface area contributed by atoms with Crippen LogP contribution in [-0.2, 0) is 6.42 Å². The minimum absolute atomic E-state index is 0.276. The first kappa shape index (κ1) is 13.4. The van der Waals surface area contributed by atoms with E-state index in [0.29, 0.717) is 0 Å². The Morgan fingerprint density at radius 3 is 3.12 bits per heavy atom. The first-order chi connectivity index (χ1) is 8.16. The van der Waals surface area contributed by atoms with Crippen LogP contribution in [0.15, 0.2) is 28.7 Å². The molecule has 1 N–H and O–H groups in total. The van der Waals surface area contributed by atoms with E-state index in [-0.39, 0.29) is 12.1 Å². The minimum Gasteiger partial charge on any atom is -0.391 e. The van der Waals surface area contributed by atoms with Crippen molar-refractivity contribution in [2.24, 2.45) is 0 Å². The van der Waals surface area contributed by atoms with Gasteiger partial charge in [0.15, 0.2) is 0 Å². The van der Waals surface area contributed by atoms with Gasteiger partial charge in [0, 0.05) is 28.6 Å². The van der Waals surface area contributed by atoms with Crippen LogP contribution in [-0.4, -0.2) is 47.3 Å². The van der Waals surface area contributed by atoms with Crippen molar-refractivity contribution in [3.05, 3.63) is 34.3 Å². The van der Waals surface area contributed by atoms with Crippen molar-refractivity contribution in [2.45, 2.75) is 18.6 Å². The van der Waals surface area contributed by atoms with E-state index in [0.717, 1.165) is 23.2 Å². The fourth-order valence-corrected chi connectivity index (χ4v) is 3.90. The molecule has 1 aromatic carbocycles. The van der Waals surface area contributed by atoms with Crippen LogP contribution in [0.3, 0.4) is 0 Å². The van der Waals surface area contributed by atoms with Gasteiger partial charge in [0.2, 0.25) is 0 Å². The molecule has 2 unspecified atom stereocenters. The van der Waals surface area contributed by atoms with Crippen LogP contribution in [0.2, 0.25) is 0 Å². The van der Waals surface area contributed by atoms with Crippen molar-refractivity contribution < 1.29 is 5.11 Å². The van der Waals surface area contributed by atoms with Gasteiger partial charge in [0.25, 0.3) is 0 Å². The predicted octanol–water partition coefficient (Wildman–Crippen LogP) is 2.40. The Labute approximate surface area is 116 Å². The largest absolute Gasteiger partial charge is 0.391 e. The van der Waals surface area contributed by atoms with Crippen molar-refractivity contribution in [3.8, 4) is 0 Å². The lowest BCUT2D eigenvalue weighted by Crippen LogP contribution is -2.47. The normalized spacial score (nSPS) is 23.6. The second-order valence-corrected chi connectivity index (χ2v) is 6.59. The van der Waals surface area contributed by atoms with E-state index in [9.17, 15) is 5.11 Å². The van der Waals surface area contributed by atoms with Crippen molar-refractivity contribution in [3.63, 3.8) is 0 Å². The molecule has 0 radical (unpaired) electrons. The average molecular weight is 316 g/mol. The Balaban J connectivity index is 1.98. The van der Waals surface area contributed by atoms with E-state index in [1.807, 2.05) is 23.9 Å². The number of benzene rings is 1. The summed E-state index contributed by atoms with van der Waals surface area (Å²) in [6, 6.07) is 8.47. The zero-order chi connectivity index (χ0) is 12.3. The van der Waals surface area contributed by atoms with Gasteiger partial charge < -0.3 is 5.11 Å². The number of hydrogen-bond donors (Lipinski definition) is 1. The molecule has 1 aromatic rings. The van der Waals surface area contributed by atoms with Crippen LogP contribution >= 0.6 is 27.7 Å². The van der Waals surface area contributed by atoms with Gasteiger partial charge in [-0.3, -0.25) is 4.90 Å². The summed E-state index contributed by atoms with van der Waals surface area (Å²) < 4.78 is 1.08. The van der Waals surface area contributed by atoms with Gasteiger partial charge in [-0.05, 0) is 31.2 Å². The molecular formula is C13H18BrNOS. The third-order valence-electron chi connectivity index (χ3n) is 3.22. The Hall–Kier alpha value is -0.0300. The summed E-state index contributed by atoms with van der Waals surface area (Å²) in [5.74, 6) is 2.21. The number of thioether (sulfide) groups is 1. The summed E-state index contributed by atoms with van der Waals surface area (Å²) >= 11 is 5.40. The summed E-state index contributed by atoms with van der Waals surface area (Å²) in [4.78, 5) is 2.28. The average Bonchev–Trinajstić information content (AvgIpc) is 2.29. The summed E-state index contributed by atoms with van der Waals surface area (Å²) in [5.41, 5.74) is 1.19. The molecule has 0 bridgehead atoms.